The Morgan fingerprint density at radius 2 is 2.11 bits per heavy atom. The number of halogens is 4. The van der Waals surface area contributed by atoms with Crippen LogP contribution in [0, 0.1) is 5.95 Å². The molecule has 0 spiro atoms. The quantitative estimate of drug-likeness (QED) is 0.619. The summed E-state index contributed by atoms with van der Waals surface area (Å²) in [6.45, 7) is -1.31. The highest BCUT2D eigenvalue weighted by molar-refractivity contribution is 5.94. The minimum atomic E-state index is -4.45. The average molecular weight is 262 g/mol. The Balaban J connectivity index is 2.18. The Hall–Kier alpha value is -1.66. The maximum absolute atomic E-state index is 12.8. The van der Waals surface area contributed by atoms with Gasteiger partial charge in [0.15, 0.2) is 0 Å². The highest BCUT2D eigenvalue weighted by Crippen LogP contribution is 2.31. The summed E-state index contributed by atoms with van der Waals surface area (Å²) in [4.78, 5) is 15.9. The van der Waals surface area contributed by atoms with Gasteiger partial charge in [-0.25, -0.2) is 4.98 Å². The zero-order valence-electron chi connectivity index (χ0n) is 9.25. The van der Waals surface area contributed by atoms with E-state index in [9.17, 15) is 22.4 Å². The third-order valence-corrected chi connectivity index (χ3v) is 2.57. The van der Waals surface area contributed by atoms with Gasteiger partial charge >= 0.3 is 6.18 Å². The van der Waals surface area contributed by atoms with Crippen molar-refractivity contribution in [3.8, 4) is 0 Å². The van der Waals surface area contributed by atoms with Crippen molar-refractivity contribution in [2.24, 2.45) is 0 Å². The van der Waals surface area contributed by atoms with Crippen LogP contribution in [0.4, 0.5) is 17.6 Å². The molecule has 98 valence electrons. The molecule has 0 aliphatic heterocycles. The molecule has 1 aromatic rings. The molecule has 1 heterocycles. The lowest BCUT2D eigenvalue weighted by molar-refractivity contribution is -0.141. The standard InChI is InChI=1S/C11H10F4N2O/c12-9-5-7(3-4-16-9)10(18)17(8-1-2-8)6-11(13,14)15/h3-5,8H,1-2,6H2. The maximum Gasteiger partial charge on any atom is 0.406 e. The topological polar surface area (TPSA) is 33.2 Å². The molecule has 0 N–H and O–H groups in total. The minimum Gasteiger partial charge on any atom is -0.327 e. The van der Waals surface area contributed by atoms with Gasteiger partial charge in [-0.3, -0.25) is 4.79 Å². The van der Waals surface area contributed by atoms with Gasteiger partial charge in [0.25, 0.3) is 5.91 Å². The molecule has 1 aromatic heterocycles. The molecule has 0 unspecified atom stereocenters. The van der Waals surface area contributed by atoms with Crippen molar-refractivity contribution in [2.75, 3.05) is 6.54 Å². The number of carbonyl (C=O) groups is 1. The maximum atomic E-state index is 12.8. The first-order valence-electron chi connectivity index (χ1n) is 5.36. The summed E-state index contributed by atoms with van der Waals surface area (Å²) < 4.78 is 49.9. The third kappa shape index (κ3) is 3.18. The first-order valence-corrected chi connectivity index (χ1v) is 5.36. The second kappa shape index (κ2) is 4.55. The molecule has 1 saturated carbocycles. The second-order valence-corrected chi connectivity index (χ2v) is 4.15. The highest BCUT2D eigenvalue weighted by Gasteiger charge is 2.40. The lowest BCUT2D eigenvalue weighted by atomic mass is 10.2. The fourth-order valence-corrected chi connectivity index (χ4v) is 1.65. The molecule has 0 atom stereocenters. The second-order valence-electron chi connectivity index (χ2n) is 4.15. The SMILES string of the molecule is O=C(c1ccnc(F)c1)N(CC(F)(F)F)C1CC1. The van der Waals surface area contributed by atoms with Gasteiger partial charge in [-0.2, -0.15) is 17.6 Å². The van der Waals surface area contributed by atoms with Crippen molar-refractivity contribution in [2.45, 2.75) is 25.1 Å². The van der Waals surface area contributed by atoms with E-state index in [1.807, 2.05) is 0 Å². The normalized spacial score (nSPS) is 15.6. The largest absolute Gasteiger partial charge is 0.406 e. The summed E-state index contributed by atoms with van der Waals surface area (Å²) >= 11 is 0. The van der Waals surface area contributed by atoms with E-state index in [1.54, 1.807) is 0 Å². The van der Waals surface area contributed by atoms with Gasteiger partial charge in [-0.1, -0.05) is 0 Å². The highest BCUT2D eigenvalue weighted by atomic mass is 19.4. The molecule has 1 fully saturated rings. The van der Waals surface area contributed by atoms with Crippen LogP contribution in [0.5, 0.6) is 0 Å². The summed E-state index contributed by atoms with van der Waals surface area (Å²) in [5.41, 5.74) is -0.112. The molecule has 1 amide bonds. The smallest absolute Gasteiger partial charge is 0.327 e. The molecule has 1 aliphatic rings. The molecule has 18 heavy (non-hydrogen) atoms. The molecular weight excluding hydrogens is 252 g/mol. The fourth-order valence-electron chi connectivity index (χ4n) is 1.65. The van der Waals surface area contributed by atoms with Crippen LogP contribution in [0.1, 0.15) is 23.2 Å². The van der Waals surface area contributed by atoms with Crippen molar-refractivity contribution >= 4 is 5.91 Å². The van der Waals surface area contributed by atoms with Gasteiger partial charge < -0.3 is 4.90 Å². The van der Waals surface area contributed by atoms with Crippen LogP contribution in [0.15, 0.2) is 18.3 Å². The number of alkyl halides is 3. The molecule has 7 heteroatoms. The number of aromatic nitrogens is 1. The Bertz CT molecular complexity index is 457. The predicted octanol–water partition coefficient (Wildman–Crippen LogP) is 2.39. The van der Waals surface area contributed by atoms with E-state index in [0.29, 0.717) is 12.8 Å². The summed E-state index contributed by atoms with van der Waals surface area (Å²) in [5, 5.41) is 0. The van der Waals surface area contributed by atoms with E-state index in [4.69, 9.17) is 0 Å². The van der Waals surface area contributed by atoms with Crippen molar-refractivity contribution in [3.05, 3.63) is 29.8 Å². The molecule has 2 rings (SSSR count). The Morgan fingerprint density at radius 1 is 1.44 bits per heavy atom. The van der Waals surface area contributed by atoms with Gasteiger partial charge in [0.05, 0.1) is 0 Å². The first kappa shape index (κ1) is 12.8. The Kier molecular flexibility index (Phi) is 3.23. The monoisotopic (exact) mass is 262 g/mol. The molecule has 0 bridgehead atoms. The zero-order valence-corrected chi connectivity index (χ0v) is 9.25. The number of hydrogen-bond acceptors (Lipinski definition) is 2. The Labute approximate surface area is 100 Å². The molecule has 3 nitrogen and oxygen atoms in total. The summed E-state index contributed by atoms with van der Waals surface area (Å²) in [5.74, 6) is -1.69. The first-order chi connectivity index (χ1) is 8.37. The molecule has 1 aliphatic carbocycles. The number of nitrogens with zero attached hydrogens (tertiary/aromatic N) is 2. The van der Waals surface area contributed by atoms with Crippen molar-refractivity contribution in [3.63, 3.8) is 0 Å². The number of pyridine rings is 1. The number of rotatable bonds is 3. The van der Waals surface area contributed by atoms with Crippen molar-refractivity contribution in [1.82, 2.24) is 9.88 Å². The lowest BCUT2D eigenvalue weighted by Gasteiger charge is -2.23. The van der Waals surface area contributed by atoms with Crippen LogP contribution in [-0.2, 0) is 0 Å². The molecule has 0 radical (unpaired) electrons. The van der Waals surface area contributed by atoms with Gasteiger partial charge in [-0.15, -0.1) is 0 Å². The number of hydrogen-bond donors (Lipinski definition) is 0. The molecule has 0 saturated heterocycles. The fraction of sp³-hybridized carbons (Fsp3) is 0.455. The molecule has 0 aromatic carbocycles. The van der Waals surface area contributed by atoms with E-state index in [-0.39, 0.29) is 5.56 Å². The van der Waals surface area contributed by atoms with E-state index >= 15 is 0 Å². The predicted molar refractivity (Wildman–Crippen MR) is 54.3 cm³/mol. The average Bonchev–Trinajstić information content (AvgIpc) is 3.07. The summed E-state index contributed by atoms with van der Waals surface area (Å²) in [7, 11) is 0. The van der Waals surface area contributed by atoms with Crippen molar-refractivity contribution < 1.29 is 22.4 Å². The molecular formula is C11H10F4N2O. The van der Waals surface area contributed by atoms with Crippen LogP contribution in [0.25, 0.3) is 0 Å². The van der Waals surface area contributed by atoms with Crippen LogP contribution >= 0.6 is 0 Å². The van der Waals surface area contributed by atoms with Gasteiger partial charge in [0.1, 0.15) is 6.54 Å². The van der Waals surface area contributed by atoms with E-state index in [1.165, 1.54) is 6.07 Å². The minimum absolute atomic E-state index is 0.112. The lowest BCUT2D eigenvalue weighted by Crippen LogP contribution is -2.40. The zero-order chi connectivity index (χ0) is 13.3. The Morgan fingerprint density at radius 3 is 2.61 bits per heavy atom. The van der Waals surface area contributed by atoms with Crippen molar-refractivity contribution in [1.29, 1.82) is 0 Å². The van der Waals surface area contributed by atoms with Crippen LogP contribution < -0.4 is 0 Å². The number of amides is 1. The van der Waals surface area contributed by atoms with Crippen LogP contribution in [0.2, 0.25) is 0 Å². The van der Waals surface area contributed by atoms with Gasteiger partial charge in [0, 0.05) is 23.9 Å². The third-order valence-electron chi connectivity index (χ3n) is 2.57. The van der Waals surface area contributed by atoms with Crippen LogP contribution in [-0.4, -0.2) is 34.6 Å². The van der Waals surface area contributed by atoms with E-state index in [2.05, 4.69) is 4.98 Å². The summed E-state index contributed by atoms with van der Waals surface area (Å²) in [6, 6.07) is 1.65. The van der Waals surface area contributed by atoms with Gasteiger partial charge in [-0.05, 0) is 18.9 Å². The van der Waals surface area contributed by atoms with Crippen LogP contribution in [0.3, 0.4) is 0 Å². The van der Waals surface area contributed by atoms with Gasteiger partial charge in [0.2, 0.25) is 5.95 Å². The summed E-state index contributed by atoms with van der Waals surface area (Å²) in [6.07, 6.45) is -2.30. The van der Waals surface area contributed by atoms with E-state index in [0.717, 1.165) is 17.2 Å². The van der Waals surface area contributed by atoms with E-state index < -0.39 is 30.6 Å². The number of carbonyl (C=O) groups excluding carboxylic acids is 1.